The number of sulfonamides is 1. The zero-order valence-corrected chi connectivity index (χ0v) is 12.5. The lowest BCUT2D eigenvalue weighted by atomic mass is 10.1. The van der Waals surface area contributed by atoms with Gasteiger partial charge in [-0.3, -0.25) is 4.72 Å². The lowest BCUT2D eigenvalue weighted by molar-refractivity contribution is 0.599. The highest BCUT2D eigenvalue weighted by Gasteiger charge is 2.17. The molecule has 0 amide bonds. The van der Waals surface area contributed by atoms with Gasteiger partial charge in [0.2, 0.25) is 0 Å². The van der Waals surface area contributed by atoms with E-state index in [2.05, 4.69) is 4.72 Å². The summed E-state index contributed by atoms with van der Waals surface area (Å²) in [6, 6.07) is 8.74. The molecule has 2 aromatic rings. The first-order valence-corrected chi connectivity index (χ1v) is 7.71. The van der Waals surface area contributed by atoms with Crippen molar-refractivity contribution in [2.45, 2.75) is 18.7 Å². The maximum absolute atomic E-state index is 13.1. The van der Waals surface area contributed by atoms with Gasteiger partial charge in [0.1, 0.15) is 5.82 Å². The van der Waals surface area contributed by atoms with Crippen LogP contribution in [0, 0.1) is 19.7 Å². The summed E-state index contributed by atoms with van der Waals surface area (Å²) in [5, 5.41) is -0.228. The predicted octanol–water partition coefficient (Wildman–Crippen LogP) is 3.90. The number of aryl methyl sites for hydroxylation is 2. The number of nitrogens with one attached hydrogen (secondary N) is 1. The first-order chi connectivity index (χ1) is 9.29. The van der Waals surface area contributed by atoms with Gasteiger partial charge in [0.05, 0.1) is 15.6 Å². The van der Waals surface area contributed by atoms with E-state index in [0.717, 1.165) is 23.3 Å². The maximum Gasteiger partial charge on any atom is 0.261 e. The summed E-state index contributed by atoms with van der Waals surface area (Å²) in [5.74, 6) is -0.655. The van der Waals surface area contributed by atoms with Crippen LogP contribution < -0.4 is 4.72 Å². The molecule has 0 saturated heterocycles. The molecule has 0 saturated carbocycles. The molecule has 0 radical (unpaired) electrons. The van der Waals surface area contributed by atoms with Gasteiger partial charge in [-0.05, 0) is 49.2 Å². The Bertz CT molecular complexity index is 760. The highest BCUT2D eigenvalue weighted by molar-refractivity contribution is 7.92. The van der Waals surface area contributed by atoms with Gasteiger partial charge in [0, 0.05) is 0 Å². The van der Waals surface area contributed by atoms with Crippen molar-refractivity contribution in [1.82, 2.24) is 0 Å². The molecule has 0 atom stereocenters. The highest BCUT2D eigenvalue weighted by Crippen LogP contribution is 2.23. The van der Waals surface area contributed by atoms with Gasteiger partial charge >= 0.3 is 0 Å². The molecule has 3 nitrogen and oxygen atoms in total. The molecule has 2 rings (SSSR count). The number of benzene rings is 2. The Labute approximate surface area is 122 Å². The molecule has 0 heterocycles. The van der Waals surface area contributed by atoms with Crippen molar-refractivity contribution >= 4 is 27.3 Å². The molecule has 0 spiro atoms. The lowest BCUT2D eigenvalue weighted by Gasteiger charge is -2.11. The number of halogens is 2. The molecule has 0 fully saturated rings. The minimum Gasteiger partial charge on any atom is -0.279 e. The van der Waals surface area contributed by atoms with Crippen molar-refractivity contribution in [3.05, 3.63) is 58.4 Å². The molecule has 0 bridgehead atoms. The minimum atomic E-state index is -3.79. The Balaban J connectivity index is 2.40. The Morgan fingerprint density at radius 3 is 2.45 bits per heavy atom. The van der Waals surface area contributed by atoms with Crippen molar-refractivity contribution in [2.75, 3.05) is 4.72 Å². The molecular weight excluding hydrogens is 301 g/mol. The van der Waals surface area contributed by atoms with Crippen molar-refractivity contribution < 1.29 is 12.8 Å². The predicted molar refractivity (Wildman–Crippen MR) is 78.1 cm³/mol. The van der Waals surface area contributed by atoms with Crippen LogP contribution in [0.1, 0.15) is 11.1 Å². The van der Waals surface area contributed by atoms with Crippen LogP contribution in [-0.4, -0.2) is 8.42 Å². The van der Waals surface area contributed by atoms with Gasteiger partial charge in [0.15, 0.2) is 0 Å². The van der Waals surface area contributed by atoms with Crippen LogP contribution in [0.3, 0.4) is 0 Å². The van der Waals surface area contributed by atoms with Gasteiger partial charge in [-0.1, -0.05) is 23.7 Å². The zero-order chi connectivity index (χ0) is 14.9. The maximum atomic E-state index is 13.1. The molecule has 1 N–H and O–H groups in total. The summed E-state index contributed by atoms with van der Waals surface area (Å²) < 4.78 is 40.0. The van der Waals surface area contributed by atoms with Crippen LogP contribution in [0.15, 0.2) is 41.3 Å². The number of anilines is 1. The fraction of sp³-hybridized carbons (Fsp3) is 0.143. The summed E-state index contributed by atoms with van der Waals surface area (Å²) in [6.07, 6.45) is 0. The molecule has 2 aromatic carbocycles. The number of rotatable bonds is 3. The van der Waals surface area contributed by atoms with E-state index in [9.17, 15) is 12.8 Å². The standard InChI is InChI=1S/C14H13ClFNO2S/c1-9-3-4-10(2)14(7-9)17-20(18,19)11-5-6-13(16)12(15)8-11/h3-8,17H,1-2H3. The van der Waals surface area contributed by atoms with Crippen molar-refractivity contribution in [3.8, 4) is 0 Å². The third-order valence-corrected chi connectivity index (χ3v) is 4.49. The Kier molecular flexibility index (Phi) is 4.01. The van der Waals surface area contributed by atoms with E-state index in [1.165, 1.54) is 6.07 Å². The second-order valence-electron chi connectivity index (χ2n) is 4.50. The summed E-state index contributed by atoms with van der Waals surface area (Å²) in [6.45, 7) is 3.67. The zero-order valence-electron chi connectivity index (χ0n) is 10.9. The van der Waals surface area contributed by atoms with Crippen LogP contribution in [0.25, 0.3) is 0 Å². The van der Waals surface area contributed by atoms with Gasteiger partial charge in [-0.15, -0.1) is 0 Å². The van der Waals surface area contributed by atoms with E-state index in [4.69, 9.17) is 11.6 Å². The average Bonchev–Trinajstić information content (AvgIpc) is 2.36. The summed E-state index contributed by atoms with van der Waals surface area (Å²) in [5.41, 5.74) is 2.23. The van der Waals surface area contributed by atoms with Crippen molar-refractivity contribution in [1.29, 1.82) is 0 Å². The molecule has 6 heteroatoms. The lowest BCUT2D eigenvalue weighted by Crippen LogP contribution is -2.14. The second-order valence-corrected chi connectivity index (χ2v) is 6.59. The van der Waals surface area contributed by atoms with E-state index in [1.54, 1.807) is 13.0 Å². The summed E-state index contributed by atoms with van der Waals surface area (Å²) in [4.78, 5) is -0.0789. The van der Waals surface area contributed by atoms with E-state index in [-0.39, 0.29) is 9.92 Å². The van der Waals surface area contributed by atoms with Crippen molar-refractivity contribution in [2.24, 2.45) is 0 Å². The molecule has 0 aliphatic heterocycles. The monoisotopic (exact) mass is 313 g/mol. The highest BCUT2D eigenvalue weighted by atomic mass is 35.5. The molecule has 0 aromatic heterocycles. The van der Waals surface area contributed by atoms with Crippen LogP contribution in [0.4, 0.5) is 10.1 Å². The fourth-order valence-corrected chi connectivity index (χ4v) is 3.09. The second kappa shape index (κ2) is 5.42. The van der Waals surface area contributed by atoms with Gasteiger partial charge in [0.25, 0.3) is 10.0 Å². The molecular formula is C14H13ClFNO2S. The van der Waals surface area contributed by atoms with E-state index < -0.39 is 15.8 Å². The van der Waals surface area contributed by atoms with Crippen LogP contribution >= 0.6 is 11.6 Å². The van der Waals surface area contributed by atoms with Crippen LogP contribution in [-0.2, 0) is 10.0 Å². The van der Waals surface area contributed by atoms with E-state index in [0.29, 0.717) is 5.69 Å². The molecule has 106 valence electrons. The third-order valence-electron chi connectivity index (χ3n) is 2.84. The van der Waals surface area contributed by atoms with Crippen LogP contribution in [0.5, 0.6) is 0 Å². The molecule has 0 aliphatic rings. The SMILES string of the molecule is Cc1ccc(C)c(NS(=O)(=O)c2ccc(F)c(Cl)c2)c1. The van der Waals surface area contributed by atoms with Gasteiger partial charge in [-0.25, -0.2) is 12.8 Å². The first kappa shape index (κ1) is 14.8. The largest absolute Gasteiger partial charge is 0.279 e. The molecule has 0 aliphatic carbocycles. The average molecular weight is 314 g/mol. The topological polar surface area (TPSA) is 46.2 Å². The smallest absolute Gasteiger partial charge is 0.261 e. The van der Waals surface area contributed by atoms with Crippen LogP contribution in [0.2, 0.25) is 5.02 Å². The minimum absolute atomic E-state index is 0.0789. The Morgan fingerprint density at radius 2 is 1.80 bits per heavy atom. The summed E-state index contributed by atoms with van der Waals surface area (Å²) >= 11 is 5.61. The third kappa shape index (κ3) is 3.11. The molecule has 20 heavy (non-hydrogen) atoms. The normalized spacial score (nSPS) is 11.4. The quantitative estimate of drug-likeness (QED) is 0.934. The van der Waals surface area contributed by atoms with Gasteiger partial charge in [-0.2, -0.15) is 0 Å². The number of hydrogen-bond acceptors (Lipinski definition) is 2. The first-order valence-electron chi connectivity index (χ1n) is 5.85. The van der Waals surface area contributed by atoms with E-state index in [1.807, 2.05) is 19.1 Å². The number of hydrogen-bond donors (Lipinski definition) is 1. The van der Waals surface area contributed by atoms with E-state index >= 15 is 0 Å². The van der Waals surface area contributed by atoms with Gasteiger partial charge < -0.3 is 0 Å². The fourth-order valence-electron chi connectivity index (χ4n) is 1.69. The Morgan fingerprint density at radius 1 is 1.10 bits per heavy atom. The Hall–Kier alpha value is -1.59. The molecule has 0 unspecified atom stereocenters. The van der Waals surface area contributed by atoms with Crippen molar-refractivity contribution in [3.63, 3.8) is 0 Å². The summed E-state index contributed by atoms with van der Waals surface area (Å²) in [7, 11) is -3.79.